The summed E-state index contributed by atoms with van der Waals surface area (Å²) in [6.07, 6.45) is -5.14. The number of hydrogen-bond acceptors (Lipinski definition) is 12. The average molecular weight is 588 g/mol. The van der Waals surface area contributed by atoms with Gasteiger partial charge in [-0.3, -0.25) is 13.8 Å². The Hall–Kier alpha value is -1.43. The van der Waals surface area contributed by atoms with Gasteiger partial charge in [-0.15, -0.1) is 0 Å². The van der Waals surface area contributed by atoms with Gasteiger partial charge in [0, 0.05) is 47.3 Å². The number of phosphoric ester groups is 1. The van der Waals surface area contributed by atoms with Gasteiger partial charge in [0.25, 0.3) is 0 Å². The van der Waals surface area contributed by atoms with Crippen LogP contribution in [0.2, 0.25) is 0 Å². The first-order chi connectivity index (χ1) is 18.5. The molecular formula is C22H42N3O13P. The first kappa shape index (κ1) is 33.8. The van der Waals surface area contributed by atoms with Crippen molar-refractivity contribution < 1.29 is 62.4 Å². The van der Waals surface area contributed by atoms with Gasteiger partial charge in [0.15, 0.2) is 6.29 Å². The van der Waals surface area contributed by atoms with E-state index in [9.17, 15) is 34.4 Å². The van der Waals surface area contributed by atoms with Crippen molar-refractivity contribution in [1.29, 1.82) is 0 Å². The van der Waals surface area contributed by atoms with Gasteiger partial charge < -0.3 is 55.1 Å². The van der Waals surface area contributed by atoms with Crippen LogP contribution in [0.1, 0.15) is 26.2 Å². The van der Waals surface area contributed by atoms with Gasteiger partial charge in [-0.05, 0) is 19.3 Å². The molecule has 2 aliphatic rings. The van der Waals surface area contributed by atoms with Crippen molar-refractivity contribution in [2.45, 2.75) is 75.1 Å². The molecular weight excluding hydrogens is 545 g/mol. The molecule has 1 aliphatic carbocycles. The van der Waals surface area contributed by atoms with Crippen molar-refractivity contribution in [3.63, 3.8) is 0 Å². The molecule has 3 amide bonds. The lowest BCUT2D eigenvalue weighted by molar-refractivity contribution is -0.270. The van der Waals surface area contributed by atoms with Crippen molar-refractivity contribution in [2.24, 2.45) is 5.92 Å². The predicted molar refractivity (Wildman–Crippen MR) is 133 cm³/mol. The molecule has 1 saturated heterocycles. The number of ether oxygens (including phenoxy) is 4. The molecule has 0 aromatic heterocycles. The number of nitrogens with one attached hydrogen (secondary N) is 3. The summed E-state index contributed by atoms with van der Waals surface area (Å²) in [4.78, 5) is 33.7. The number of hydrogen-bond donors (Lipinski definition) is 7. The second-order valence-corrected chi connectivity index (χ2v) is 10.9. The minimum absolute atomic E-state index is 0.151. The summed E-state index contributed by atoms with van der Waals surface area (Å²) < 4.78 is 43.6. The van der Waals surface area contributed by atoms with Crippen LogP contribution in [0.25, 0.3) is 0 Å². The van der Waals surface area contributed by atoms with Gasteiger partial charge in [0.1, 0.15) is 36.6 Å². The van der Waals surface area contributed by atoms with Crippen LogP contribution in [0, 0.1) is 5.92 Å². The van der Waals surface area contributed by atoms with E-state index in [-0.39, 0.29) is 25.7 Å². The highest BCUT2D eigenvalue weighted by atomic mass is 31.2. The van der Waals surface area contributed by atoms with E-state index >= 15 is 0 Å². The highest BCUT2D eigenvalue weighted by molar-refractivity contribution is 7.47. The Labute approximate surface area is 227 Å². The molecule has 0 aromatic rings. The monoisotopic (exact) mass is 587 g/mol. The maximum absolute atomic E-state index is 12.5. The summed E-state index contributed by atoms with van der Waals surface area (Å²) in [6, 6.07) is -2.01. The Morgan fingerprint density at radius 2 is 1.79 bits per heavy atom. The highest BCUT2D eigenvalue weighted by Gasteiger charge is 2.48. The molecule has 2 fully saturated rings. The summed E-state index contributed by atoms with van der Waals surface area (Å²) >= 11 is 0. The number of amides is 3. The Kier molecular flexibility index (Phi) is 14.0. The Morgan fingerprint density at radius 3 is 2.38 bits per heavy atom. The van der Waals surface area contributed by atoms with Crippen LogP contribution >= 0.6 is 7.82 Å². The van der Waals surface area contributed by atoms with Crippen molar-refractivity contribution >= 4 is 19.8 Å². The molecule has 7 N–H and O–H groups in total. The summed E-state index contributed by atoms with van der Waals surface area (Å²) in [5, 5.41) is 37.7. The molecule has 0 aromatic carbocycles. The number of carbonyl (C=O) groups is 2. The van der Waals surface area contributed by atoms with Crippen LogP contribution in [0.5, 0.6) is 0 Å². The molecule has 1 saturated carbocycles. The normalized spacial score (nSPS) is 34.3. The lowest BCUT2D eigenvalue weighted by Gasteiger charge is -2.42. The maximum Gasteiger partial charge on any atom is 0.472 e. The largest absolute Gasteiger partial charge is 0.472 e. The fraction of sp³-hybridized carbons (Fsp3) is 0.909. The van der Waals surface area contributed by atoms with Crippen molar-refractivity contribution in [2.75, 3.05) is 47.7 Å². The predicted octanol–water partition coefficient (Wildman–Crippen LogP) is -1.79. The molecule has 228 valence electrons. The van der Waals surface area contributed by atoms with Crippen LogP contribution in [-0.4, -0.2) is 129 Å². The second-order valence-electron chi connectivity index (χ2n) is 9.39. The van der Waals surface area contributed by atoms with E-state index in [4.69, 9.17) is 23.5 Å². The molecule has 16 nitrogen and oxygen atoms in total. The van der Waals surface area contributed by atoms with E-state index in [1.165, 1.54) is 21.1 Å². The zero-order chi connectivity index (χ0) is 29.2. The average Bonchev–Trinajstić information content (AvgIpc) is 3.19. The summed E-state index contributed by atoms with van der Waals surface area (Å²) in [5.74, 6) is -0.777. The van der Waals surface area contributed by atoms with E-state index in [0.717, 1.165) is 7.11 Å². The molecule has 2 rings (SSSR count). The van der Waals surface area contributed by atoms with Gasteiger partial charge >= 0.3 is 13.9 Å². The van der Waals surface area contributed by atoms with Crippen molar-refractivity contribution in [1.82, 2.24) is 16.0 Å². The van der Waals surface area contributed by atoms with Gasteiger partial charge in [-0.1, -0.05) is 0 Å². The summed E-state index contributed by atoms with van der Waals surface area (Å²) in [5.41, 5.74) is 0. The molecule has 10 atom stereocenters. The lowest BCUT2D eigenvalue weighted by atomic mass is 9.97. The topological polar surface area (TPSA) is 224 Å². The highest BCUT2D eigenvalue weighted by Crippen LogP contribution is 2.48. The Morgan fingerprint density at radius 1 is 1.08 bits per heavy atom. The molecule has 17 heteroatoms. The van der Waals surface area contributed by atoms with Crippen LogP contribution in [0.15, 0.2) is 0 Å². The van der Waals surface area contributed by atoms with Gasteiger partial charge in [-0.2, -0.15) is 0 Å². The summed E-state index contributed by atoms with van der Waals surface area (Å²) in [6.45, 7) is 1.37. The smallest absolute Gasteiger partial charge is 0.394 e. The van der Waals surface area contributed by atoms with E-state index < -0.39 is 75.3 Å². The summed E-state index contributed by atoms with van der Waals surface area (Å²) in [7, 11) is -0.348. The molecule has 0 radical (unpaired) electrons. The zero-order valence-corrected chi connectivity index (χ0v) is 23.5. The number of urea groups is 1. The molecule has 39 heavy (non-hydrogen) atoms. The number of phosphoric acid groups is 1. The molecule has 3 unspecified atom stereocenters. The van der Waals surface area contributed by atoms with E-state index in [0.29, 0.717) is 19.3 Å². The van der Waals surface area contributed by atoms with Crippen LogP contribution < -0.4 is 16.0 Å². The molecule has 1 aliphatic heterocycles. The number of methoxy groups -OCH3 is 2. The second kappa shape index (κ2) is 16.1. The number of aliphatic hydroxyl groups is 3. The number of aliphatic hydroxyl groups excluding tert-OH is 3. The zero-order valence-electron chi connectivity index (χ0n) is 22.6. The van der Waals surface area contributed by atoms with Crippen molar-refractivity contribution in [3.05, 3.63) is 0 Å². The van der Waals surface area contributed by atoms with Gasteiger partial charge in [0.2, 0.25) is 5.91 Å². The third kappa shape index (κ3) is 9.86. The van der Waals surface area contributed by atoms with Crippen LogP contribution in [-0.2, 0) is 37.4 Å². The minimum atomic E-state index is -4.30. The van der Waals surface area contributed by atoms with Gasteiger partial charge in [-0.25, -0.2) is 9.36 Å². The SMILES string of the molecule is COC[C@H]1C[C@H](NC(=O)NCCCCO[C@@H]2O[C@H](CO)[C@H](O)[C@H](O)[C@H]2NC(C)=O)C(OC)C1OP(=O)(O)OC. The Balaban J connectivity index is 1.79. The lowest BCUT2D eigenvalue weighted by Crippen LogP contribution is -2.64. The van der Waals surface area contributed by atoms with E-state index in [2.05, 4.69) is 20.5 Å². The number of unbranched alkanes of at least 4 members (excludes halogenated alkanes) is 1. The molecule has 0 bridgehead atoms. The van der Waals surface area contributed by atoms with Gasteiger partial charge in [0.05, 0.1) is 19.3 Å². The minimum Gasteiger partial charge on any atom is -0.394 e. The third-order valence-electron chi connectivity index (χ3n) is 6.59. The molecule has 0 spiro atoms. The number of carbonyl (C=O) groups excluding carboxylic acids is 2. The van der Waals surface area contributed by atoms with Crippen molar-refractivity contribution in [3.8, 4) is 0 Å². The van der Waals surface area contributed by atoms with Crippen LogP contribution in [0.3, 0.4) is 0 Å². The maximum atomic E-state index is 12.5. The Bertz CT molecular complexity index is 824. The number of rotatable bonds is 15. The van der Waals surface area contributed by atoms with E-state index in [1.807, 2.05) is 0 Å². The standard InChI is InChI=1S/C22H42N3O13P/c1-12(27)24-16-18(29)17(28)15(10-26)37-21(16)36-8-6-5-7-23-22(30)25-14-9-13(11-33-2)19(20(14)34-3)38-39(31,32)35-4/h13-21,26,28-29H,5-11H2,1-4H3,(H,24,27)(H,31,32)(H2,23,25,30)/t13-,14+,15-,16-,17+,18-,19?,20?,21-/m1/s1. The fourth-order valence-electron chi connectivity index (χ4n) is 4.71. The van der Waals surface area contributed by atoms with Crippen LogP contribution in [0.4, 0.5) is 4.79 Å². The molecule has 1 heterocycles. The fourth-order valence-corrected chi connectivity index (χ4v) is 5.40. The third-order valence-corrected chi connectivity index (χ3v) is 7.56. The quantitative estimate of drug-likeness (QED) is 0.0831. The first-order valence-corrected chi connectivity index (χ1v) is 14.1. The van der Waals surface area contributed by atoms with E-state index in [1.54, 1.807) is 0 Å². The first-order valence-electron chi connectivity index (χ1n) is 12.6.